The quantitative estimate of drug-likeness (QED) is 0.220. The molecule has 0 unspecified atom stereocenters. The minimum absolute atomic E-state index is 0.0229. The Morgan fingerprint density at radius 1 is 0.629 bits per heavy atom. The lowest BCUT2D eigenvalue weighted by Gasteiger charge is -2.08. The predicted octanol–water partition coefficient (Wildman–Crippen LogP) is 4.98. The number of nitrogen functional groups attached to an aromatic ring is 2. The molecule has 0 saturated heterocycles. The number of ether oxygens (including phenoxy) is 2. The predicted molar refractivity (Wildman–Crippen MR) is 136 cm³/mol. The van der Waals surface area contributed by atoms with Crippen LogP contribution in [0.25, 0.3) is 11.0 Å². The third-order valence-electron chi connectivity index (χ3n) is 5.13. The van der Waals surface area contributed by atoms with Crippen molar-refractivity contribution in [2.75, 3.05) is 11.5 Å². The SMILES string of the molecule is Nc1ccc(Oc2ccc(CO)cc2)cc1N.OCc1ccc(Oc2ccc3nc[nH]c3c2)cc1. The van der Waals surface area contributed by atoms with Crippen LogP contribution in [-0.2, 0) is 13.2 Å². The van der Waals surface area contributed by atoms with Gasteiger partial charge in [-0.15, -0.1) is 0 Å². The first kappa shape index (κ1) is 23.6. The second kappa shape index (κ2) is 11.1. The van der Waals surface area contributed by atoms with E-state index in [1.165, 1.54) is 0 Å². The summed E-state index contributed by atoms with van der Waals surface area (Å²) in [5.74, 6) is 2.81. The molecule has 0 aliphatic heterocycles. The van der Waals surface area contributed by atoms with Crippen LogP contribution >= 0.6 is 0 Å². The van der Waals surface area contributed by atoms with E-state index in [-0.39, 0.29) is 13.2 Å². The number of aliphatic hydroxyl groups excluding tert-OH is 2. The lowest BCUT2D eigenvalue weighted by Crippen LogP contribution is -1.94. The highest BCUT2D eigenvalue weighted by molar-refractivity contribution is 5.76. The summed E-state index contributed by atoms with van der Waals surface area (Å²) in [5, 5.41) is 17.9. The van der Waals surface area contributed by atoms with Gasteiger partial charge in [0, 0.05) is 12.1 Å². The Labute approximate surface area is 202 Å². The van der Waals surface area contributed by atoms with Gasteiger partial charge < -0.3 is 36.1 Å². The molecule has 0 aliphatic carbocycles. The van der Waals surface area contributed by atoms with E-state index in [1.54, 1.807) is 48.8 Å². The number of rotatable bonds is 6. The maximum Gasteiger partial charge on any atom is 0.129 e. The average Bonchev–Trinajstić information content (AvgIpc) is 3.36. The second-order valence-corrected chi connectivity index (χ2v) is 7.68. The van der Waals surface area contributed by atoms with Crippen LogP contribution in [0.1, 0.15) is 11.1 Å². The molecule has 5 aromatic rings. The zero-order valence-corrected chi connectivity index (χ0v) is 18.9. The number of aromatic amines is 1. The highest BCUT2D eigenvalue weighted by Crippen LogP contribution is 2.27. The number of H-pyrrole nitrogens is 1. The van der Waals surface area contributed by atoms with Gasteiger partial charge in [0.15, 0.2) is 0 Å². The van der Waals surface area contributed by atoms with Gasteiger partial charge in [0.25, 0.3) is 0 Å². The molecular formula is C27H26N4O4. The molecular weight excluding hydrogens is 444 g/mol. The zero-order valence-electron chi connectivity index (χ0n) is 18.9. The first-order valence-corrected chi connectivity index (χ1v) is 10.9. The number of nitrogens with one attached hydrogen (secondary N) is 1. The van der Waals surface area contributed by atoms with Gasteiger partial charge >= 0.3 is 0 Å². The first-order chi connectivity index (χ1) is 17.0. The molecule has 8 heteroatoms. The number of hydrogen-bond donors (Lipinski definition) is 5. The van der Waals surface area contributed by atoms with Crippen molar-refractivity contribution in [3.8, 4) is 23.0 Å². The molecule has 0 amide bonds. The summed E-state index contributed by atoms with van der Waals surface area (Å²) >= 11 is 0. The number of aromatic nitrogens is 2. The second-order valence-electron chi connectivity index (χ2n) is 7.68. The van der Waals surface area contributed by atoms with Gasteiger partial charge in [0.2, 0.25) is 0 Å². The van der Waals surface area contributed by atoms with Gasteiger partial charge in [-0.3, -0.25) is 0 Å². The van der Waals surface area contributed by atoms with E-state index >= 15 is 0 Å². The van der Waals surface area contributed by atoms with Crippen LogP contribution < -0.4 is 20.9 Å². The Morgan fingerprint density at radius 3 is 1.69 bits per heavy atom. The van der Waals surface area contributed by atoms with Crippen LogP contribution in [0.5, 0.6) is 23.0 Å². The summed E-state index contributed by atoms with van der Waals surface area (Å²) in [5.41, 5.74) is 15.9. The Kier molecular flexibility index (Phi) is 7.47. The Hall–Kier alpha value is -4.53. The van der Waals surface area contributed by atoms with Crippen LogP contribution in [0.4, 0.5) is 11.4 Å². The Bertz CT molecular complexity index is 1380. The fourth-order valence-electron chi connectivity index (χ4n) is 3.19. The van der Waals surface area contributed by atoms with E-state index in [9.17, 15) is 0 Å². The lowest BCUT2D eigenvalue weighted by atomic mass is 10.2. The van der Waals surface area contributed by atoms with Crippen molar-refractivity contribution in [2.45, 2.75) is 13.2 Å². The summed E-state index contributed by atoms with van der Waals surface area (Å²) in [7, 11) is 0. The van der Waals surface area contributed by atoms with Gasteiger partial charge in [0.1, 0.15) is 23.0 Å². The first-order valence-electron chi connectivity index (χ1n) is 10.9. The molecule has 0 saturated carbocycles. The van der Waals surface area contributed by atoms with E-state index < -0.39 is 0 Å². The Balaban J connectivity index is 0.000000165. The van der Waals surface area contributed by atoms with Crippen molar-refractivity contribution < 1.29 is 19.7 Å². The molecule has 0 atom stereocenters. The van der Waals surface area contributed by atoms with Gasteiger partial charge in [-0.1, -0.05) is 24.3 Å². The third kappa shape index (κ3) is 6.29. The van der Waals surface area contributed by atoms with Crippen molar-refractivity contribution in [1.82, 2.24) is 9.97 Å². The maximum absolute atomic E-state index is 8.96. The van der Waals surface area contributed by atoms with Gasteiger partial charge in [-0.25, -0.2) is 4.98 Å². The van der Waals surface area contributed by atoms with E-state index in [4.69, 9.17) is 31.2 Å². The van der Waals surface area contributed by atoms with E-state index in [2.05, 4.69) is 9.97 Å². The molecule has 5 rings (SSSR count). The molecule has 7 N–H and O–H groups in total. The number of imidazole rings is 1. The van der Waals surface area contributed by atoms with E-state index in [0.29, 0.717) is 22.9 Å². The topological polar surface area (TPSA) is 140 Å². The fourth-order valence-corrected chi connectivity index (χ4v) is 3.19. The van der Waals surface area contributed by atoms with Crippen LogP contribution in [-0.4, -0.2) is 20.2 Å². The van der Waals surface area contributed by atoms with Crippen LogP contribution in [0.2, 0.25) is 0 Å². The summed E-state index contributed by atoms with van der Waals surface area (Å²) in [4.78, 5) is 7.19. The van der Waals surface area contributed by atoms with Crippen molar-refractivity contribution in [3.63, 3.8) is 0 Å². The fraction of sp³-hybridized carbons (Fsp3) is 0.0741. The van der Waals surface area contributed by atoms with Crippen molar-refractivity contribution in [3.05, 3.63) is 102 Å². The van der Waals surface area contributed by atoms with Crippen LogP contribution in [0, 0.1) is 0 Å². The molecule has 1 heterocycles. The minimum Gasteiger partial charge on any atom is -0.457 e. The minimum atomic E-state index is 0.0229. The molecule has 0 spiro atoms. The largest absolute Gasteiger partial charge is 0.457 e. The smallest absolute Gasteiger partial charge is 0.129 e. The van der Waals surface area contributed by atoms with Gasteiger partial charge in [0.05, 0.1) is 41.9 Å². The summed E-state index contributed by atoms with van der Waals surface area (Å²) in [6.07, 6.45) is 1.66. The third-order valence-corrected chi connectivity index (χ3v) is 5.13. The van der Waals surface area contributed by atoms with Gasteiger partial charge in [-0.2, -0.15) is 0 Å². The molecule has 0 aliphatic rings. The molecule has 35 heavy (non-hydrogen) atoms. The molecule has 0 bridgehead atoms. The normalized spacial score (nSPS) is 10.5. The number of nitrogens with zero attached hydrogens (tertiary/aromatic N) is 1. The highest BCUT2D eigenvalue weighted by Gasteiger charge is 2.02. The Morgan fingerprint density at radius 2 is 1.14 bits per heavy atom. The van der Waals surface area contributed by atoms with Crippen LogP contribution in [0.3, 0.4) is 0 Å². The number of anilines is 2. The molecule has 0 radical (unpaired) electrons. The van der Waals surface area contributed by atoms with Gasteiger partial charge in [-0.05, 0) is 59.7 Å². The number of aliphatic hydroxyl groups is 2. The molecule has 8 nitrogen and oxygen atoms in total. The molecule has 1 aromatic heterocycles. The van der Waals surface area contributed by atoms with Crippen molar-refractivity contribution in [1.29, 1.82) is 0 Å². The number of benzene rings is 4. The summed E-state index contributed by atoms with van der Waals surface area (Å²) in [6.45, 7) is 0.0650. The number of nitrogens with two attached hydrogens (primary N) is 2. The summed E-state index contributed by atoms with van der Waals surface area (Å²) < 4.78 is 11.3. The van der Waals surface area contributed by atoms with Crippen molar-refractivity contribution in [2.24, 2.45) is 0 Å². The van der Waals surface area contributed by atoms with E-state index in [1.807, 2.05) is 42.5 Å². The number of hydrogen-bond acceptors (Lipinski definition) is 7. The van der Waals surface area contributed by atoms with E-state index in [0.717, 1.165) is 33.7 Å². The highest BCUT2D eigenvalue weighted by atomic mass is 16.5. The number of fused-ring (bicyclic) bond motifs is 1. The lowest BCUT2D eigenvalue weighted by molar-refractivity contribution is 0.281. The van der Waals surface area contributed by atoms with Crippen LogP contribution in [0.15, 0.2) is 91.3 Å². The zero-order chi connectivity index (χ0) is 24.6. The monoisotopic (exact) mass is 470 g/mol. The van der Waals surface area contributed by atoms with Crippen molar-refractivity contribution >= 4 is 22.4 Å². The summed E-state index contributed by atoms with van der Waals surface area (Å²) in [6, 6.07) is 25.4. The molecule has 178 valence electrons. The molecule has 4 aromatic carbocycles. The standard InChI is InChI=1S/C14H12N2O2.C13H14N2O2/c17-8-10-1-3-11(4-2-10)18-12-5-6-13-14(7-12)16-9-15-13;14-12-6-5-11(7-13(12)15)17-10-3-1-9(8-16)2-4-10/h1-7,9,17H,8H2,(H,15,16);1-7,16H,8,14-15H2. The molecule has 0 fully saturated rings. The average molecular weight is 471 g/mol. The maximum atomic E-state index is 8.96.